The van der Waals surface area contributed by atoms with Gasteiger partial charge in [0.2, 0.25) is 0 Å². The highest BCUT2D eigenvalue weighted by atomic mass is 16.5. The average Bonchev–Trinajstić information content (AvgIpc) is 3.39. The first-order valence-electron chi connectivity index (χ1n) is 10.9. The van der Waals surface area contributed by atoms with Gasteiger partial charge in [0.1, 0.15) is 12.4 Å². The number of fused-ring (bicyclic) bond motifs is 1. The van der Waals surface area contributed by atoms with Crippen LogP contribution in [0, 0.1) is 0 Å². The van der Waals surface area contributed by atoms with Crippen LogP contribution in [0.5, 0.6) is 5.75 Å². The van der Waals surface area contributed by atoms with Crippen LogP contribution in [0.3, 0.4) is 0 Å². The number of allylic oxidation sites excluding steroid dienone is 1. The Labute approximate surface area is 192 Å². The van der Waals surface area contributed by atoms with Crippen LogP contribution in [-0.2, 0) is 13.0 Å². The Morgan fingerprint density at radius 1 is 0.879 bits per heavy atom. The molecule has 1 unspecified atom stereocenters. The lowest BCUT2D eigenvalue weighted by Gasteiger charge is -2.11. The summed E-state index contributed by atoms with van der Waals surface area (Å²) >= 11 is 0. The fourth-order valence-corrected chi connectivity index (χ4v) is 3.74. The number of benzene rings is 3. The topological polar surface area (TPSA) is 76.6 Å². The number of nitrogens with one attached hydrogen (secondary N) is 1. The van der Waals surface area contributed by atoms with E-state index in [1.54, 1.807) is 0 Å². The number of pyridine rings is 1. The van der Waals surface area contributed by atoms with Gasteiger partial charge >= 0.3 is 0 Å². The Morgan fingerprint density at radius 2 is 1.76 bits per heavy atom. The van der Waals surface area contributed by atoms with Gasteiger partial charge in [0.15, 0.2) is 5.82 Å². The van der Waals surface area contributed by atoms with Gasteiger partial charge in [-0.2, -0.15) is 5.21 Å². The number of tetrazole rings is 1. The van der Waals surface area contributed by atoms with Crippen LogP contribution in [0.25, 0.3) is 17.0 Å². The first-order chi connectivity index (χ1) is 16.3. The van der Waals surface area contributed by atoms with Gasteiger partial charge in [-0.05, 0) is 35.4 Å². The molecule has 6 heteroatoms. The van der Waals surface area contributed by atoms with Crippen molar-refractivity contribution in [1.82, 2.24) is 25.6 Å². The number of hydrogen-bond acceptors (Lipinski definition) is 5. The third-order valence-corrected chi connectivity index (χ3v) is 5.44. The molecule has 0 spiro atoms. The summed E-state index contributed by atoms with van der Waals surface area (Å²) in [5.41, 5.74) is 4.14. The SMILES string of the molecule is C(=CC(Cc1nn[nH]n1)c1ccccc1)c1cccc(OCc2ccc3ccccc3n2)c1. The lowest BCUT2D eigenvalue weighted by atomic mass is 9.94. The van der Waals surface area contributed by atoms with E-state index in [4.69, 9.17) is 4.74 Å². The minimum atomic E-state index is 0.134. The van der Waals surface area contributed by atoms with Gasteiger partial charge in [-0.15, -0.1) is 10.2 Å². The Balaban J connectivity index is 1.29. The predicted molar refractivity (Wildman–Crippen MR) is 129 cm³/mol. The molecule has 1 N–H and O–H groups in total. The monoisotopic (exact) mass is 433 g/mol. The Hall–Kier alpha value is -4.32. The predicted octanol–water partition coefficient (Wildman–Crippen LogP) is 5.37. The molecule has 0 aliphatic rings. The van der Waals surface area contributed by atoms with E-state index in [0.717, 1.165) is 27.9 Å². The van der Waals surface area contributed by atoms with E-state index in [0.29, 0.717) is 18.9 Å². The van der Waals surface area contributed by atoms with Gasteiger partial charge in [0.05, 0.1) is 11.2 Å². The molecule has 0 radical (unpaired) electrons. The summed E-state index contributed by atoms with van der Waals surface area (Å²) in [6.45, 7) is 0.419. The van der Waals surface area contributed by atoms with E-state index >= 15 is 0 Å². The fourth-order valence-electron chi connectivity index (χ4n) is 3.74. The summed E-state index contributed by atoms with van der Waals surface area (Å²) in [6.07, 6.45) is 4.95. The van der Waals surface area contributed by atoms with Crippen LogP contribution in [0.15, 0.2) is 97.1 Å². The maximum absolute atomic E-state index is 6.03. The Morgan fingerprint density at radius 3 is 2.64 bits per heavy atom. The summed E-state index contributed by atoms with van der Waals surface area (Å²) in [5, 5.41) is 15.6. The molecule has 3 aromatic carbocycles. The molecule has 6 nitrogen and oxygen atoms in total. The molecule has 1 atom stereocenters. The lowest BCUT2D eigenvalue weighted by Crippen LogP contribution is -2.02. The number of H-pyrrole nitrogens is 1. The zero-order valence-corrected chi connectivity index (χ0v) is 18.0. The second kappa shape index (κ2) is 9.87. The number of nitrogens with zero attached hydrogens (tertiary/aromatic N) is 4. The van der Waals surface area contributed by atoms with Gasteiger partial charge in [0, 0.05) is 17.7 Å². The molecule has 2 aromatic heterocycles. The summed E-state index contributed by atoms with van der Waals surface area (Å²) in [5.74, 6) is 1.63. The van der Waals surface area contributed by atoms with Crippen LogP contribution in [0.1, 0.15) is 28.6 Å². The molecule has 0 amide bonds. The van der Waals surface area contributed by atoms with Crippen LogP contribution in [0.4, 0.5) is 0 Å². The molecule has 5 aromatic rings. The molecule has 0 aliphatic carbocycles. The van der Waals surface area contributed by atoms with Crippen molar-refractivity contribution in [2.45, 2.75) is 18.9 Å². The van der Waals surface area contributed by atoms with Crippen molar-refractivity contribution in [3.8, 4) is 5.75 Å². The largest absolute Gasteiger partial charge is 0.487 e. The second-order valence-electron chi connectivity index (χ2n) is 7.76. The quantitative estimate of drug-likeness (QED) is 0.356. The molecule has 0 saturated carbocycles. The highest BCUT2D eigenvalue weighted by molar-refractivity contribution is 5.78. The summed E-state index contributed by atoms with van der Waals surface area (Å²) in [6, 6.07) is 30.6. The van der Waals surface area contributed by atoms with Crippen LogP contribution >= 0.6 is 0 Å². The first kappa shape index (κ1) is 20.6. The van der Waals surface area contributed by atoms with Gasteiger partial charge in [0.25, 0.3) is 0 Å². The minimum absolute atomic E-state index is 0.134. The summed E-state index contributed by atoms with van der Waals surface area (Å²) < 4.78 is 6.03. The highest BCUT2D eigenvalue weighted by Gasteiger charge is 2.12. The van der Waals surface area contributed by atoms with Gasteiger partial charge in [-0.25, -0.2) is 4.98 Å². The minimum Gasteiger partial charge on any atom is -0.487 e. The van der Waals surface area contributed by atoms with Gasteiger partial charge in [-0.3, -0.25) is 0 Å². The number of hydrogen-bond donors (Lipinski definition) is 1. The summed E-state index contributed by atoms with van der Waals surface area (Å²) in [4.78, 5) is 4.68. The number of aromatic amines is 1. The molecular weight excluding hydrogens is 410 g/mol. The van der Waals surface area contributed by atoms with E-state index in [9.17, 15) is 0 Å². The number of rotatable bonds is 8. The van der Waals surface area contributed by atoms with Gasteiger partial charge < -0.3 is 4.74 Å². The van der Waals surface area contributed by atoms with Crippen molar-refractivity contribution in [3.05, 3.63) is 120 Å². The third kappa shape index (κ3) is 5.30. The first-order valence-corrected chi connectivity index (χ1v) is 10.9. The molecule has 0 bridgehead atoms. The van der Waals surface area contributed by atoms with Crippen molar-refractivity contribution < 1.29 is 4.74 Å². The van der Waals surface area contributed by atoms with E-state index < -0.39 is 0 Å². The van der Waals surface area contributed by atoms with Crippen molar-refractivity contribution in [2.75, 3.05) is 0 Å². The van der Waals surface area contributed by atoms with Crippen molar-refractivity contribution >= 4 is 17.0 Å². The van der Waals surface area contributed by atoms with E-state index in [-0.39, 0.29) is 5.92 Å². The Bertz CT molecular complexity index is 1350. The normalized spacial score (nSPS) is 12.2. The molecule has 162 valence electrons. The van der Waals surface area contributed by atoms with Crippen LogP contribution < -0.4 is 4.74 Å². The standard InChI is InChI=1S/C27H23N5O/c1-2-8-21(9-3-1)23(18-27-29-31-32-30-27)14-13-20-7-6-11-25(17-20)33-19-24-16-15-22-10-4-5-12-26(22)28-24/h1-17,23H,18-19H2,(H,29,30,31,32). The van der Waals surface area contributed by atoms with Gasteiger partial charge in [-0.1, -0.05) is 84.1 Å². The number of ether oxygens (including phenoxy) is 1. The van der Waals surface area contributed by atoms with Crippen molar-refractivity contribution in [1.29, 1.82) is 0 Å². The van der Waals surface area contributed by atoms with E-state index in [1.165, 1.54) is 5.56 Å². The maximum Gasteiger partial charge on any atom is 0.175 e. The van der Waals surface area contributed by atoms with E-state index in [1.807, 2.05) is 60.7 Å². The highest BCUT2D eigenvalue weighted by Crippen LogP contribution is 2.23. The molecule has 0 fully saturated rings. The molecule has 0 saturated heterocycles. The van der Waals surface area contributed by atoms with Crippen molar-refractivity contribution in [2.24, 2.45) is 0 Å². The number of para-hydroxylation sites is 1. The average molecular weight is 434 g/mol. The van der Waals surface area contributed by atoms with Crippen LogP contribution in [0.2, 0.25) is 0 Å². The third-order valence-electron chi connectivity index (χ3n) is 5.44. The smallest absolute Gasteiger partial charge is 0.175 e. The molecule has 5 rings (SSSR count). The summed E-state index contributed by atoms with van der Waals surface area (Å²) in [7, 11) is 0. The molecule has 0 aliphatic heterocycles. The van der Waals surface area contributed by atoms with Crippen molar-refractivity contribution in [3.63, 3.8) is 0 Å². The molecule has 2 heterocycles. The number of aromatic nitrogens is 5. The fraction of sp³-hybridized carbons (Fsp3) is 0.111. The van der Waals surface area contributed by atoms with Crippen LogP contribution in [-0.4, -0.2) is 25.6 Å². The Kier molecular flexibility index (Phi) is 6.15. The zero-order chi connectivity index (χ0) is 22.3. The second-order valence-corrected chi connectivity index (χ2v) is 7.76. The molecule has 33 heavy (non-hydrogen) atoms. The zero-order valence-electron chi connectivity index (χ0n) is 18.0. The maximum atomic E-state index is 6.03. The molecular formula is C27H23N5O. The van der Waals surface area contributed by atoms with E-state index in [2.05, 4.69) is 68.1 Å². The lowest BCUT2D eigenvalue weighted by molar-refractivity contribution is 0.302.